The number of aromatic nitrogens is 3. The molecule has 0 aliphatic rings. The Morgan fingerprint density at radius 3 is 2.33 bits per heavy atom. The smallest absolute Gasteiger partial charge is 0.358 e. The molecule has 0 aliphatic carbocycles. The Hall–Kier alpha value is -3.02. The van der Waals surface area contributed by atoms with Crippen molar-refractivity contribution < 1.29 is 14.3 Å². The second-order valence-corrected chi connectivity index (χ2v) is 4.35. The van der Waals surface area contributed by atoms with Crippen LogP contribution in [0.15, 0.2) is 54.6 Å². The molecule has 0 saturated carbocycles. The first kappa shape index (κ1) is 13.0. The molecule has 0 spiro atoms. The number of carbonyl (C=O) groups is 1. The van der Waals surface area contributed by atoms with Crippen molar-refractivity contribution in [2.24, 2.45) is 0 Å². The summed E-state index contributed by atoms with van der Waals surface area (Å²) in [4.78, 5) is 11.3. The van der Waals surface area contributed by atoms with Gasteiger partial charge in [0.1, 0.15) is 11.5 Å². The first-order valence-corrected chi connectivity index (χ1v) is 6.17. The lowest BCUT2D eigenvalue weighted by Gasteiger charge is -2.07. The Bertz CT molecular complexity index is 782. The van der Waals surface area contributed by atoms with Gasteiger partial charge in [0, 0.05) is 5.56 Å². The van der Waals surface area contributed by atoms with E-state index in [1.54, 1.807) is 12.1 Å². The van der Waals surface area contributed by atoms with Crippen molar-refractivity contribution in [2.75, 3.05) is 0 Å². The lowest BCUT2D eigenvalue weighted by molar-refractivity contribution is 0.0691. The van der Waals surface area contributed by atoms with Gasteiger partial charge in [-0.15, -0.1) is 5.10 Å². The molecule has 104 valence electrons. The van der Waals surface area contributed by atoms with E-state index in [2.05, 4.69) is 10.3 Å². The van der Waals surface area contributed by atoms with Gasteiger partial charge in [0.2, 0.25) is 0 Å². The lowest BCUT2D eigenvalue weighted by Crippen LogP contribution is -2.03. The number of nitrogens with zero attached hydrogens (tertiary/aromatic N) is 3. The summed E-state index contributed by atoms with van der Waals surface area (Å²) in [5, 5.41) is 16.9. The van der Waals surface area contributed by atoms with Gasteiger partial charge in [0.05, 0.1) is 5.69 Å². The van der Waals surface area contributed by atoms with Crippen LogP contribution in [0.1, 0.15) is 10.5 Å². The van der Waals surface area contributed by atoms with Gasteiger partial charge >= 0.3 is 5.97 Å². The Morgan fingerprint density at radius 1 is 1.05 bits per heavy atom. The lowest BCUT2D eigenvalue weighted by atomic mass is 10.1. The highest BCUT2D eigenvalue weighted by molar-refractivity contribution is 5.93. The molecule has 0 amide bonds. The van der Waals surface area contributed by atoms with E-state index in [0.29, 0.717) is 16.9 Å². The van der Waals surface area contributed by atoms with Gasteiger partial charge in [-0.25, -0.2) is 13.9 Å². The molecular formula is C15H10FN3O2. The molecule has 2 aromatic carbocycles. The molecule has 5 nitrogen and oxygen atoms in total. The molecule has 21 heavy (non-hydrogen) atoms. The van der Waals surface area contributed by atoms with E-state index >= 15 is 0 Å². The van der Waals surface area contributed by atoms with Crippen LogP contribution >= 0.6 is 0 Å². The van der Waals surface area contributed by atoms with Crippen molar-refractivity contribution in [3.63, 3.8) is 0 Å². The first-order valence-electron chi connectivity index (χ1n) is 6.17. The Labute approximate surface area is 119 Å². The zero-order valence-corrected chi connectivity index (χ0v) is 10.8. The van der Waals surface area contributed by atoms with Crippen LogP contribution in [-0.2, 0) is 0 Å². The van der Waals surface area contributed by atoms with Crippen molar-refractivity contribution in [1.82, 2.24) is 15.0 Å². The summed E-state index contributed by atoms with van der Waals surface area (Å²) in [6, 6.07) is 14.6. The van der Waals surface area contributed by atoms with Gasteiger partial charge in [-0.2, -0.15) is 0 Å². The Morgan fingerprint density at radius 2 is 1.71 bits per heavy atom. The fourth-order valence-corrected chi connectivity index (χ4v) is 2.04. The predicted molar refractivity (Wildman–Crippen MR) is 73.7 cm³/mol. The predicted octanol–water partition coefficient (Wildman–Crippen LogP) is 2.77. The van der Waals surface area contributed by atoms with E-state index in [-0.39, 0.29) is 5.69 Å². The fraction of sp³-hybridized carbons (Fsp3) is 0. The highest BCUT2D eigenvalue weighted by Gasteiger charge is 2.21. The Kier molecular flexibility index (Phi) is 3.19. The van der Waals surface area contributed by atoms with E-state index in [9.17, 15) is 14.3 Å². The molecule has 3 aromatic rings. The third kappa shape index (κ3) is 2.38. The molecule has 3 rings (SSSR count). The molecule has 0 radical (unpaired) electrons. The summed E-state index contributed by atoms with van der Waals surface area (Å²) < 4.78 is 14.5. The SMILES string of the molecule is O=C(O)c1nnn(-c2ccccc2)c1-c1ccc(F)cc1. The quantitative estimate of drug-likeness (QED) is 0.802. The normalized spacial score (nSPS) is 10.5. The van der Waals surface area contributed by atoms with Gasteiger partial charge in [-0.05, 0) is 36.4 Å². The summed E-state index contributed by atoms with van der Waals surface area (Å²) in [5.74, 6) is -1.58. The van der Waals surface area contributed by atoms with Gasteiger partial charge in [0.15, 0.2) is 5.69 Å². The van der Waals surface area contributed by atoms with Gasteiger partial charge in [0.25, 0.3) is 0 Å². The number of hydrogen-bond donors (Lipinski definition) is 1. The maximum atomic E-state index is 13.1. The van der Waals surface area contributed by atoms with Crippen LogP contribution < -0.4 is 0 Å². The summed E-state index contributed by atoms with van der Waals surface area (Å²) >= 11 is 0. The summed E-state index contributed by atoms with van der Waals surface area (Å²) in [7, 11) is 0. The minimum Gasteiger partial charge on any atom is -0.476 e. The third-order valence-electron chi connectivity index (χ3n) is 2.99. The van der Waals surface area contributed by atoms with Crippen molar-refractivity contribution in [3.8, 4) is 16.9 Å². The number of rotatable bonds is 3. The maximum absolute atomic E-state index is 13.1. The molecule has 0 saturated heterocycles. The number of aromatic carboxylic acids is 1. The molecule has 0 aliphatic heterocycles. The van der Waals surface area contributed by atoms with Gasteiger partial charge in [-0.1, -0.05) is 23.4 Å². The summed E-state index contributed by atoms with van der Waals surface area (Å²) in [6.45, 7) is 0. The molecular weight excluding hydrogens is 273 g/mol. The number of carboxylic acid groups (broad SMARTS) is 1. The summed E-state index contributed by atoms with van der Waals surface area (Å²) in [5.41, 5.74) is 1.35. The molecule has 6 heteroatoms. The highest BCUT2D eigenvalue weighted by Crippen LogP contribution is 2.25. The second-order valence-electron chi connectivity index (χ2n) is 4.35. The van der Waals surface area contributed by atoms with Crippen LogP contribution in [-0.4, -0.2) is 26.1 Å². The second kappa shape index (κ2) is 5.16. The fourth-order valence-electron chi connectivity index (χ4n) is 2.04. The minimum absolute atomic E-state index is 0.175. The molecule has 0 atom stereocenters. The summed E-state index contributed by atoms with van der Waals surface area (Å²) in [6.07, 6.45) is 0. The van der Waals surface area contributed by atoms with Crippen LogP contribution in [0.25, 0.3) is 16.9 Å². The maximum Gasteiger partial charge on any atom is 0.358 e. The number of hydrogen-bond acceptors (Lipinski definition) is 3. The topological polar surface area (TPSA) is 68.0 Å². The van der Waals surface area contributed by atoms with Crippen LogP contribution in [0.5, 0.6) is 0 Å². The van der Waals surface area contributed by atoms with Crippen molar-refractivity contribution >= 4 is 5.97 Å². The Balaban J connectivity index is 2.23. The van der Waals surface area contributed by atoms with Crippen molar-refractivity contribution in [2.45, 2.75) is 0 Å². The number of benzene rings is 2. The molecule has 0 fully saturated rings. The van der Waals surface area contributed by atoms with Crippen LogP contribution in [0.2, 0.25) is 0 Å². The van der Waals surface area contributed by atoms with E-state index in [1.165, 1.54) is 28.9 Å². The standard InChI is InChI=1S/C15H10FN3O2/c16-11-8-6-10(7-9-11)14-13(15(20)21)17-18-19(14)12-4-2-1-3-5-12/h1-9H,(H,20,21). The van der Waals surface area contributed by atoms with Crippen molar-refractivity contribution in [3.05, 3.63) is 66.1 Å². The van der Waals surface area contributed by atoms with E-state index in [1.807, 2.05) is 18.2 Å². The molecule has 1 N–H and O–H groups in total. The van der Waals surface area contributed by atoms with Crippen LogP contribution in [0, 0.1) is 5.82 Å². The monoisotopic (exact) mass is 283 g/mol. The highest BCUT2D eigenvalue weighted by atomic mass is 19.1. The number of para-hydroxylation sites is 1. The van der Waals surface area contributed by atoms with Gasteiger partial charge < -0.3 is 5.11 Å². The minimum atomic E-state index is -1.18. The average Bonchev–Trinajstić information content (AvgIpc) is 2.94. The van der Waals surface area contributed by atoms with Crippen LogP contribution in [0.3, 0.4) is 0 Å². The van der Waals surface area contributed by atoms with E-state index < -0.39 is 11.8 Å². The molecule has 0 bridgehead atoms. The zero-order chi connectivity index (χ0) is 14.8. The number of carboxylic acids is 1. The number of halogens is 1. The van der Waals surface area contributed by atoms with Gasteiger partial charge in [-0.3, -0.25) is 0 Å². The molecule has 1 heterocycles. The first-order chi connectivity index (χ1) is 10.2. The van der Waals surface area contributed by atoms with Crippen LogP contribution in [0.4, 0.5) is 4.39 Å². The van der Waals surface area contributed by atoms with Crippen molar-refractivity contribution in [1.29, 1.82) is 0 Å². The van der Waals surface area contributed by atoms with E-state index in [4.69, 9.17) is 0 Å². The molecule has 1 aromatic heterocycles. The zero-order valence-electron chi connectivity index (χ0n) is 10.8. The average molecular weight is 283 g/mol. The molecule has 0 unspecified atom stereocenters. The largest absolute Gasteiger partial charge is 0.476 e. The van der Waals surface area contributed by atoms with E-state index in [0.717, 1.165) is 0 Å². The third-order valence-corrected chi connectivity index (χ3v) is 2.99.